The third-order valence-corrected chi connectivity index (χ3v) is 2.23. The van der Waals surface area contributed by atoms with Gasteiger partial charge in [0, 0.05) is 7.11 Å². The third-order valence-electron chi connectivity index (χ3n) is 2.23. The molecule has 1 rings (SSSR count). The van der Waals surface area contributed by atoms with Crippen molar-refractivity contribution >= 4 is 0 Å². The molecular formula is C8H15O4+. The lowest BCUT2D eigenvalue weighted by molar-refractivity contribution is -0.204. The molecular weight excluding hydrogens is 160 g/mol. The summed E-state index contributed by atoms with van der Waals surface area (Å²) in [4.78, 5) is 0. The van der Waals surface area contributed by atoms with Gasteiger partial charge in [-0.05, 0) is 6.92 Å². The Morgan fingerprint density at radius 1 is 1.83 bits per heavy atom. The number of methoxy groups -OCH3 is 1. The normalized spacial score (nSPS) is 42.5. The molecule has 0 aromatic heterocycles. The van der Waals surface area contributed by atoms with Crippen molar-refractivity contribution in [2.24, 2.45) is 0 Å². The summed E-state index contributed by atoms with van der Waals surface area (Å²) in [7, 11) is 1.51. The maximum absolute atomic E-state index is 9.58. The minimum absolute atomic E-state index is 0.214. The second-order valence-electron chi connectivity index (χ2n) is 3.20. The Hall–Kier alpha value is -0.580. The Bertz CT molecular complexity index is 191. The molecule has 4 nitrogen and oxygen atoms in total. The molecule has 0 saturated carbocycles. The summed E-state index contributed by atoms with van der Waals surface area (Å²) >= 11 is 0. The highest BCUT2D eigenvalue weighted by molar-refractivity contribution is 5.06. The molecule has 1 saturated heterocycles. The largest absolute Gasteiger partial charge is 0.428 e. The van der Waals surface area contributed by atoms with Crippen LogP contribution in [0, 0.1) is 0 Å². The van der Waals surface area contributed by atoms with Crippen LogP contribution in [0.2, 0.25) is 0 Å². The zero-order valence-electron chi connectivity index (χ0n) is 7.33. The molecule has 3 N–H and O–H groups in total. The molecule has 1 aliphatic heterocycles. The Morgan fingerprint density at radius 3 is 2.92 bits per heavy atom. The molecule has 1 heterocycles. The summed E-state index contributed by atoms with van der Waals surface area (Å²) < 4.78 is 10.1. The van der Waals surface area contributed by atoms with Gasteiger partial charge in [0.25, 0.3) is 0 Å². The van der Waals surface area contributed by atoms with E-state index in [9.17, 15) is 5.11 Å². The monoisotopic (exact) mass is 175 g/mol. The van der Waals surface area contributed by atoms with Crippen LogP contribution in [-0.2, 0) is 9.47 Å². The first-order valence-corrected chi connectivity index (χ1v) is 3.79. The van der Waals surface area contributed by atoms with Crippen molar-refractivity contribution in [2.45, 2.75) is 31.3 Å². The van der Waals surface area contributed by atoms with E-state index in [0.717, 1.165) is 0 Å². The molecule has 0 aromatic rings. The lowest BCUT2D eigenvalue weighted by Crippen LogP contribution is -2.50. The van der Waals surface area contributed by atoms with Gasteiger partial charge in [-0.2, -0.15) is 0 Å². The van der Waals surface area contributed by atoms with Gasteiger partial charge < -0.3 is 19.7 Å². The van der Waals surface area contributed by atoms with E-state index in [-0.39, 0.29) is 5.76 Å². The predicted molar refractivity (Wildman–Crippen MR) is 43.7 cm³/mol. The molecule has 12 heavy (non-hydrogen) atoms. The maximum Gasteiger partial charge on any atom is 0.306 e. The van der Waals surface area contributed by atoms with Crippen LogP contribution in [0.15, 0.2) is 12.3 Å². The fraction of sp³-hybridized carbons (Fsp3) is 0.750. The van der Waals surface area contributed by atoms with E-state index in [1.807, 2.05) is 0 Å². The van der Waals surface area contributed by atoms with E-state index in [1.165, 1.54) is 7.11 Å². The number of hydrogen-bond donors (Lipinski definition) is 1. The summed E-state index contributed by atoms with van der Waals surface area (Å²) in [6.45, 7) is 5.26. The molecule has 70 valence electrons. The van der Waals surface area contributed by atoms with E-state index in [0.29, 0.717) is 6.42 Å². The van der Waals surface area contributed by atoms with Crippen molar-refractivity contribution in [2.75, 3.05) is 7.11 Å². The highest BCUT2D eigenvalue weighted by Crippen LogP contribution is 2.31. The lowest BCUT2D eigenvalue weighted by Gasteiger charge is -2.38. The Balaban J connectivity index is 2.79. The quantitative estimate of drug-likeness (QED) is 0.558. The molecule has 1 unspecified atom stereocenters. The van der Waals surface area contributed by atoms with Crippen LogP contribution in [0.25, 0.3) is 0 Å². The molecule has 0 aliphatic carbocycles. The van der Waals surface area contributed by atoms with Crippen LogP contribution in [0.3, 0.4) is 0 Å². The van der Waals surface area contributed by atoms with Crippen molar-refractivity contribution < 1.29 is 19.7 Å². The molecule has 0 radical (unpaired) electrons. The molecule has 4 heteroatoms. The van der Waals surface area contributed by atoms with E-state index in [4.69, 9.17) is 14.6 Å². The highest BCUT2D eigenvalue weighted by atomic mass is 16.6. The van der Waals surface area contributed by atoms with Crippen molar-refractivity contribution in [1.29, 1.82) is 0 Å². The van der Waals surface area contributed by atoms with Gasteiger partial charge in [-0.25, -0.2) is 0 Å². The molecule has 3 atom stereocenters. The molecule has 1 aliphatic rings. The van der Waals surface area contributed by atoms with Gasteiger partial charge in [0.2, 0.25) is 0 Å². The Labute approximate surface area is 71.4 Å². The smallest absolute Gasteiger partial charge is 0.306 e. The second-order valence-corrected chi connectivity index (χ2v) is 3.20. The van der Waals surface area contributed by atoms with Gasteiger partial charge >= 0.3 is 6.29 Å². The second kappa shape index (κ2) is 3.05. The predicted octanol–water partition coefficient (Wildman–Crippen LogP) is -0.263. The average Bonchev–Trinajstić information content (AvgIpc) is 2.00. The topological polar surface area (TPSA) is 61.6 Å². The summed E-state index contributed by atoms with van der Waals surface area (Å²) in [5.74, 6) is 0.214. The number of aliphatic hydroxyl groups excluding tert-OH is 1. The van der Waals surface area contributed by atoms with Gasteiger partial charge in [0.15, 0.2) is 0 Å². The van der Waals surface area contributed by atoms with Crippen LogP contribution in [0.5, 0.6) is 0 Å². The summed E-state index contributed by atoms with van der Waals surface area (Å²) in [6, 6.07) is 0. The number of hydrogen-bond acceptors (Lipinski definition) is 3. The number of rotatable bonds is 1. The summed E-state index contributed by atoms with van der Waals surface area (Å²) in [5.41, 5.74) is -0.734. The van der Waals surface area contributed by atoms with Gasteiger partial charge in [0.1, 0.15) is 17.5 Å². The van der Waals surface area contributed by atoms with E-state index in [1.54, 1.807) is 6.92 Å². The van der Waals surface area contributed by atoms with Crippen LogP contribution in [0.4, 0.5) is 0 Å². The Morgan fingerprint density at radius 2 is 2.42 bits per heavy atom. The zero-order chi connectivity index (χ0) is 9.35. The van der Waals surface area contributed by atoms with Crippen molar-refractivity contribution in [3.8, 4) is 0 Å². The first-order chi connectivity index (χ1) is 5.49. The summed E-state index contributed by atoms with van der Waals surface area (Å²) in [5, 5.41) is 17.0. The van der Waals surface area contributed by atoms with Gasteiger partial charge in [-0.3, -0.25) is 0 Å². The molecule has 0 aromatic carbocycles. The van der Waals surface area contributed by atoms with Crippen LogP contribution in [0.1, 0.15) is 13.3 Å². The van der Waals surface area contributed by atoms with Gasteiger partial charge in [-0.15, -0.1) is 0 Å². The van der Waals surface area contributed by atoms with Gasteiger partial charge in [-0.1, -0.05) is 6.58 Å². The standard InChI is InChI=1S/C8H14O4/c1-5-7(10)8(2,11-3)4-6(9)12-5/h6-7,9-10H,1,4H2,2-3H3/p+1/t6?,7-,8+/m0/s1. The average molecular weight is 175 g/mol. The molecule has 0 bridgehead atoms. The SMILES string of the molecule is C=C1OC([OH2+])C[C@@](C)(OC)[C@H]1O. The fourth-order valence-electron chi connectivity index (χ4n) is 1.30. The van der Waals surface area contributed by atoms with E-state index < -0.39 is 18.0 Å². The van der Waals surface area contributed by atoms with Crippen molar-refractivity contribution in [3.63, 3.8) is 0 Å². The van der Waals surface area contributed by atoms with Crippen LogP contribution in [-0.4, -0.2) is 35.3 Å². The van der Waals surface area contributed by atoms with Crippen molar-refractivity contribution in [1.82, 2.24) is 0 Å². The van der Waals surface area contributed by atoms with E-state index >= 15 is 0 Å². The fourth-order valence-corrected chi connectivity index (χ4v) is 1.30. The third kappa shape index (κ3) is 1.46. The highest BCUT2D eigenvalue weighted by Gasteiger charge is 2.45. The summed E-state index contributed by atoms with van der Waals surface area (Å²) in [6.07, 6.45) is -1.18. The van der Waals surface area contributed by atoms with Crippen LogP contribution < -0.4 is 0 Å². The zero-order valence-corrected chi connectivity index (χ0v) is 7.33. The van der Waals surface area contributed by atoms with E-state index in [2.05, 4.69) is 6.58 Å². The minimum Gasteiger partial charge on any atom is -0.428 e. The molecule has 0 amide bonds. The molecule has 0 spiro atoms. The Kier molecular flexibility index (Phi) is 2.41. The minimum atomic E-state index is -0.843. The first-order valence-electron chi connectivity index (χ1n) is 3.79. The van der Waals surface area contributed by atoms with Gasteiger partial charge in [0.05, 0.1) is 6.42 Å². The van der Waals surface area contributed by atoms with Crippen LogP contribution >= 0.6 is 0 Å². The maximum atomic E-state index is 9.58. The lowest BCUT2D eigenvalue weighted by atomic mass is 9.91. The number of ether oxygens (including phenoxy) is 2. The van der Waals surface area contributed by atoms with Crippen molar-refractivity contribution in [3.05, 3.63) is 12.3 Å². The molecule has 1 fully saturated rings. The number of aliphatic hydroxyl groups is 1. The first kappa shape index (κ1) is 9.51.